The monoisotopic (exact) mass is 375 g/mol. The van der Waals surface area contributed by atoms with E-state index >= 15 is 0 Å². The summed E-state index contributed by atoms with van der Waals surface area (Å²) in [5.41, 5.74) is 4.81. The van der Waals surface area contributed by atoms with E-state index < -0.39 is 0 Å². The summed E-state index contributed by atoms with van der Waals surface area (Å²) in [4.78, 5) is 21.2. The van der Waals surface area contributed by atoms with Crippen molar-refractivity contribution < 1.29 is 9.53 Å². The second kappa shape index (κ2) is 7.41. The zero-order valence-electron chi connectivity index (χ0n) is 15.9. The van der Waals surface area contributed by atoms with Crippen LogP contribution in [0.3, 0.4) is 0 Å². The van der Waals surface area contributed by atoms with E-state index in [0.29, 0.717) is 19.8 Å². The standard InChI is InChI=1S/C23H25N3O2/c27-21(16-25-12-14-28-15-13-25)26-11-10-19-18-8-4-5-9-20(18)24-22(19)23(26)17-6-2-1-3-7-17/h1-9,23-24H,10-16H2. The molecule has 2 aromatic carbocycles. The summed E-state index contributed by atoms with van der Waals surface area (Å²) in [5.74, 6) is 0.194. The fraction of sp³-hybridized carbons (Fsp3) is 0.348. The third kappa shape index (κ3) is 3.11. The van der Waals surface area contributed by atoms with Crippen LogP contribution in [0.1, 0.15) is 22.9 Å². The van der Waals surface area contributed by atoms with Crippen molar-refractivity contribution in [3.8, 4) is 0 Å². The molecule has 0 radical (unpaired) electrons. The first kappa shape index (κ1) is 17.5. The number of nitrogens with zero attached hydrogens (tertiary/aromatic N) is 2. The first-order chi connectivity index (χ1) is 13.8. The van der Waals surface area contributed by atoms with E-state index in [9.17, 15) is 4.79 Å². The van der Waals surface area contributed by atoms with Gasteiger partial charge in [0, 0.05) is 36.2 Å². The highest BCUT2D eigenvalue weighted by Gasteiger charge is 2.34. The lowest BCUT2D eigenvalue weighted by atomic mass is 9.92. The minimum absolute atomic E-state index is 0.0640. The van der Waals surface area contributed by atoms with Crippen LogP contribution >= 0.6 is 0 Å². The van der Waals surface area contributed by atoms with Gasteiger partial charge in [0.25, 0.3) is 0 Å². The quantitative estimate of drug-likeness (QED) is 0.766. The average Bonchev–Trinajstić information content (AvgIpc) is 3.13. The van der Waals surface area contributed by atoms with Crippen LogP contribution in [0, 0.1) is 0 Å². The van der Waals surface area contributed by atoms with E-state index in [1.165, 1.54) is 10.9 Å². The molecule has 28 heavy (non-hydrogen) atoms. The van der Waals surface area contributed by atoms with Crippen molar-refractivity contribution in [2.75, 3.05) is 39.4 Å². The van der Waals surface area contributed by atoms with Crippen LogP contribution < -0.4 is 0 Å². The van der Waals surface area contributed by atoms with E-state index in [1.54, 1.807) is 0 Å². The number of aromatic amines is 1. The molecule has 3 heterocycles. The van der Waals surface area contributed by atoms with E-state index in [1.807, 2.05) is 6.07 Å². The molecule has 1 unspecified atom stereocenters. The van der Waals surface area contributed by atoms with Gasteiger partial charge in [-0.2, -0.15) is 0 Å². The molecule has 2 aliphatic rings. The van der Waals surface area contributed by atoms with Crippen molar-refractivity contribution in [1.29, 1.82) is 0 Å². The largest absolute Gasteiger partial charge is 0.379 e. The Balaban J connectivity index is 1.52. The van der Waals surface area contributed by atoms with Crippen molar-refractivity contribution in [2.45, 2.75) is 12.5 Å². The second-order valence-corrected chi connectivity index (χ2v) is 7.60. The Morgan fingerprint density at radius 2 is 1.75 bits per heavy atom. The van der Waals surface area contributed by atoms with Crippen LogP contribution in [-0.2, 0) is 16.0 Å². The zero-order chi connectivity index (χ0) is 18.9. The number of morpholine rings is 1. The summed E-state index contributed by atoms with van der Waals surface area (Å²) in [7, 11) is 0. The van der Waals surface area contributed by atoms with Gasteiger partial charge in [-0.1, -0.05) is 48.5 Å². The summed E-state index contributed by atoms with van der Waals surface area (Å²) >= 11 is 0. The Kier molecular flexibility index (Phi) is 4.63. The highest BCUT2D eigenvalue weighted by atomic mass is 16.5. The molecule has 5 rings (SSSR count). The third-order valence-corrected chi connectivity index (χ3v) is 5.93. The Hall–Kier alpha value is -2.63. The number of rotatable bonds is 3. The maximum atomic E-state index is 13.3. The predicted molar refractivity (Wildman–Crippen MR) is 109 cm³/mol. The molecule has 1 fully saturated rings. The molecule has 1 atom stereocenters. The minimum Gasteiger partial charge on any atom is -0.379 e. The smallest absolute Gasteiger partial charge is 0.237 e. The lowest BCUT2D eigenvalue weighted by Crippen LogP contribution is -2.48. The number of ether oxygens (including phenoxy) is 1. The van der Waals surface area contributed by atoms with Crippen molar-refractivity contribution >= 4 is 16.8 Å². The number of fused-ring (bicyclic) bond motifs is 3. The van der Waals surface area contributed by atoms with E-state index in [0.717, 1.165) is 42.8 Å². The molecule has 144 valence electrons. The first-order valence-electron chi connectivity index (χ1n) is 10.1. The van der Waals surface area contributed by atoms with Gasteiger partial charge in [-0.05, 0) is 23.6 Å². The van der Waals surface area contributed by atoms with Gasteiger partial charge in [0.05, 0.1) is 25.8 Å². The molecule has 1 aromatic heterocycles. The van der Waals surface area contributed by atoms with E-state index in [-0.39, 0.29) is 11.9 Å². The fourth-order valence-electron chi connectivity index (χ4n) is 4.53. The van der Waals surface area contributed by atoms with Crippen molar-refractivity contribution in [3.05, 3.63) is 71.4 Å². The maximum absolute atomic E-state index is 13.3. The van der Waals surface area contributed by atoms with Gasteiger partial charge in [0.1, 0.15) is 0 Å². The van der Waals surface area contributed by atoms with Gasteiger partial charge in [0.2, 0.25) is 5.91 Å². The van der Waals surface area contributed by atoms with Crippen LogP contribution in [0.25, 0.3) is 10.9 Å². The molecule has 0 saturated carbocycles. The molecule has 0 spiro atoms. The van der Waals surface area contributed by atoms with Gasteiger partial charge in [-0.25, -0.2) is 0 Å². The van der Waals surface area contributed by atoms with E-state index in [4.69, 9.17) is 4.74 Å². The number of H-pyrrole nitrogens is 1. The molecule has 3 aromatic rings. The maximum Gasteiger partial charge on any atom is 0.237 e. The first-order valence-corrected chi connectivity index (χ1v) is 10.1. The lowest BCUT2D eigenvalue weighted by molar-refractivity contribution is -0.135. The average molecular weight is 375 g/mol. The number of hydrogen-bond donors (Lipinski definition) is 1. The van der Waals surface area contributed by atoms with Crippen LogP contribution in [0.2, 0.25) is 0 Å². The van der Waals surface area contributed by atoms with Crippen molar-refractivity contribution in [2.24, 2.45) is 0 Å². The number of amides is 1. The Morgan fingerprint density at radius 1 is 1.00 bits per heavy atom. The Labute approximate surface area is 164 Å². The van der Waals surface area contributed by atoms with Gasteiger partial charge in [-0.3, -0.25) is 9.69 Å². The summed E-state index contributed by atoms with van der Waals surface area (Å²) in [6.07, 6.45) is 0.886. The highest BCUT2D eigenvalue weighted by Crippen LogP contribution is 2.38. The fourth-order valence-corrected chi connectivity index (χ4v) is 4.53. The zero-order valence-corrected chi connectivity index (χ0v) is 15.9. The molecular formula is C23H25N3O2. The van der Waals surface area contributed by atoms with Gasteiger partial charge >= 0.3 is 0 Å². The van der Waals surface area contributed by atoms with Gasteiger partial charge < -0.3 is 14.6 Å². The molecule has 1 amide bonds. The molecule has 1 saturated heterocycles. The number of carbonyl (C=O) groups excluding carboxylic acids is 1. The topological polar surface area (TPSA) is 48.6 Å². The minimum atomic E-state index is -0.0640. The number of hydrogen-bond acceptors (Lipinski definition) is 3. The van der Waals surface area contributed by atoms with Gasteiger partial charge in [-0.15, -0.1) is 0 Å². The number of aromatic nitrogens is 1. The summed E-state index contributed by atoms with van der Waals surface area (Å²) in [6, 6.07) is 18.8. The van der Waals surface area contributed by atoms with Crippen LogP contribution in [0.4, 0.5) is 0 Å². The van der Waals surface area contributed by atoms with E-state index in [2.05, 4.69) is 63.3 Å². The van der Waals surface area contributed by atoms with Crippen LogP contribution in [-0.4, -0.2) is 60.1 Å². The molecule has 1 N–H and O–H groups in total. The predicted octanol–water partition coefficient (Wildman–Crippen LogP) is 2.97. The molecule has 0 aliphatic carbocycles. The Morgan fingerprint density at radius 3 is 2.57 bits per heavy atom. The SMILES string of the molecule is O=C(CN1CCOCC1)N1CCc2c([nH]c3ccccc23)C1c1ccccc1. The molecule has 5 nitrogen and oxygen atoms in total. The summed E-state index contributed by atoms with van der Waals surface area (Å²) < 4.78 is 5.43. The van der Waals surface area contributed by atoms with Crippen molar-refractivity contribution in [3.63, 3.8) is 0 Å². The highest BCUT2D eigenvalue weighted by molar-refractivity contribution is 5.87. The number of carbonyl (C=O) groups is 1. The molecular weight excluding hydrogens is 350 g/mol. The van der Waals surface area contributed by atoms with Crippen molar-refractivity contribution in [1.82, 2.24) is 14.8 Å². The molecule has 5 heteroatoms. The molecule has 2 aliphatic heterocycles. The summed E-state index contributed by atoms with van der Waals surface area (Å²) in [5, 5.41) is 1.28. The second-order valence-electron chi connectivity index (χ2n) is 7.60. The molecule has 0 bridgehead atoms. The Bertz CT molecular complexity index is 976. The number of nitrogens with one attached hydrogen (secondary N) is 1. The third-order valence-electron chi connectivity index (χ3n) is 5.93. The van der Waals surface area contributed by atoms with Crippen LogP contribution in [0.5, 0.6) is 0 Å². The summed E-state index contributed by atoms with van der Waals surface area (Å²) in [6.45, 7) is 4.28. The lowest BCUT2D eigenvalue weighted by Gasteiger charge is -2.38. The van der Waals surface area contributed by atoms with Crippen LogP contribution in [0.15, 0.2) is 54.6 Å². The number of para-hydroxylation sites is 1. The number of benzene rings is 2. The normalized spacial score (nSPS) is 20.3. The van der Waals surface area contributed by atoms with Gasteiger partial charge in [0.15, 0.2) is 0 Å².